The highest BCUT2D eigenvalue weighted by molar-refractivity contribution is 7.87. The number of benzene rings is 1. The second-order valence-electron chi connectivity index (χ2n) is 7.43. The smallest absolute Gasteiger partial charge is 0.287 e. The molecule has 0 unspecified atom stereocenters. The van der Waals surface area contributed by atoms with Crippen LogP contribution in [0.5, 0.6) is 0 Å². The number of ketones is 1. The maximum atomic E-state index is 14.3. The molecular formula is C18H24F4O4S. The molecule has 0 atom stereocenters. The molecule has 9 heteroatoms. The first-order chi connectivity index (χ1) is 12.0. The quantitative estimate of drug-likeness (QED) is 0.372. The highest BCUT2D eigenvalue weighted by Gasteiger charge is 2.70. The molecule has 1 aromatic rings. The molecule has 0 aliphatic heterocycles. The zero-order valence-corrected chi connectivity index (χ0v) is 16.8. The van der Waals surface area contributed by atoms with Gasteiger partial charge in [0.15, 0.2) is 0 Å². The van der Waals surface area contributed by atoms with Gasteiger partial charge >= 0.3 is 21.3 Å². The van der Waals surface area contributed by atoms with Gasteiger partial charge < -0.3 is 0 Å². The summed E-state index contributed by atoms with van der Waals surface area (Å²) in [4.78, 5) is 12.5. The van der Waals surface area contributed by atoms with E-state index in [0.717, 1.165) is 5.56 Å². The highest BCUT2D eigenvalue weighted by atomic mass is 32.2. The normalized spacial score (nSPS) is 13.7. The number of carbonyl (C=O) groups is 1. The summed E-state index contributed by atoms with van der Waals surface area (Å²) < 4.78 is 86.1. The largest absolute Gasteiger partial charge is 0.439 e. The van der Waals surface area contributed by atoms with Gasteiger partial charge in [0.05, 0.1) is 0 Å². The van der Waals surface area contributed by atoms with Crippen LogP contribution in [0.25, 0.3) is 0 Å². The van der Waals surface area contributed by atoms with E-state index in [1.54, 1.807) is 27.7 Å². The Bertz CT molecular complexity index is 799. The number of Topliss-reactive ketones (excluding diaryl/α,β-unsaturated/α-hetero) is 1. The third-order valence-electron chi connectivity index (χ3n) is 4.33. The molecule has 27 heavy (non-hydrogen) atoms. The molecule has 0 aliphatic rings. The van der Waals surface area contributed by atoms with Gasteiger partial charge in [-0.1, -0.05) is 53.7 Å². The third-order valence-corrected chi connectivity index (χ3v) is 5.24. The fourth-order valence-corrected chi connectivity index (χ4v) is 3.09. The van der Waals surface area contributed by atoms with E-state index in [4.69, 9.17) is 4.55 Å². The summed E-state index contributed by atoms with van der Waals surface area (Å²) in [5.41, 5.74) is 0.364. The molecule has 0 spiro atoms. The van der Waals surface area contributed by atoms with Gasteiger partial charge in [0.1, 0.15) is 0 Å². The highest BCUT2D eigenvalue weighted by Crippen LogP contribution is 2.43. The number of halogens is 4. The summed E-state index contributed by atoms with van der Waals surface area (Å²) in [7, 11) is -6.51. The monoisotopic (exact) mass is 412 g/mol. The number of carbonyl (C=O) groups excluding carboxylic acids is 1. The average Bonchev–Trinajstić information content (AvgIpc) is 2.51. The standard InChI is InChI=1S/C18H24F4O4S/c1-9(2)12-7-13(10(3)4)15(14(8-12)11(5)6)16(23)17(19,20)18(21,22)27(24,25)26/h7-11H,1-6H3,(H,24,25,26). The lowest BCUT2D eigenvalue weighted by Gasteiger charge is -2.27. The summed E-state index contributed by atoms with van der Waals surface area (Å²) >= 11 is 0. The Kier molecular flexibility index (Phi) is 6.55. The van der Waals surface area contributed by atoms with E-state index >= 15 is 0 Å². The first-order valence-electron chi connectivity index (χ1n) is 8.41. The van der Waals surface area contributed by atoms with Crippen molar-refractivity contribution in [2.45, 2.75) is 70.5 Å². The number of hydrogen-bond acceptors (Lipinski definition) is 3. The molecule has 0 amide bonds. The van der Waals surface area contributed by atoms with Crippen molar-refractivity contribution < 1.29 is 35.3 Å². The van der Waals surface area contributed by atoms with Crippen molar-refractivity contribution in [2.75, 3.05) is 0 Å². The van der Waals surface area contributed by atoms with Gasteiger partial charge in [-0.05, 0) is 34.4 Å². The SMILES string of the molecule is CC(C)c1cc(C(C)C)c(C(=O)C(F)(F)C(F)(F)S(=O)(=O)O)c(C(C)C)c1. The Labute approximate surface area is 156 Å². The molecule has 0 aromatic heterocycles. The van der Waals surface area contributed by atoms with Crippen LogP contribution in [0.3, 0.4) is 0 Å². The second kappa shape index (κ2) is 7.50. The summed E-state index contributed by atoms with van der Waals surface area (Å²) in [5.74, 6) is -8.89. The first kappa shape index (κ1) is 23.6. The van der Waals surface area contributed by atoms with Crippen LogP contribution >= 0.6 is 0 Å². The maximum absolute atomic E-state index is 14.3. The molecular weight excluding hydrogens is 388 g/mol. The zero-order valence-electron chi connectivity index (χ0n) is 16.0. The Hall–Kier alpha value is -1.48. The Balaban J connectivity index is 3.86. The van der Waals surface area contributed by atoms with E-state index < -0.39 is 44.5 Å². The van der Waals surface area contributed by atoms with Crippen LogP contribution < -0.4 is 0 Å². The van der Waals surface area contributed by atoms with Gasteiger partial charge in [-0.25, -0.2) is 0 Å². The van der Waals surface area contributed by atoms with E-state index in [2.05, 4.69) is 0 Å². The van der Waals surface area contributed by atoms with Crippen LogP contribution in [0.1, 0.15) is 86.3 Å². The van der Waals surface area contributed by atoms with Gasteiger partial charge in [-0.2, -0.15) is 26.0 Å². The molecule has 0 fully saturated rings. The van der Waals surface area contributed by atoms with Gasteiger partial charge in [0, 0.05) is 5.56 Å². The van der Waals surface area contributed by atoms with Crippen molar-refractivity contribution in [3.05, 3.63) is 34.4 Å². The zero-order chi connectivity index (χ0) is 21.5. The summed E-state index contributed by atoms with van der Waals surface area (Å²) in [6.45, 7) is 10.1. The molecule has 154 valence electrons. The molecule has 0 aliphatic carbocycles. The summed E-state index contributed by atoms with van der Waals surface area (Å²) in [6, 6.07) is 2.99. The van der Waals surface area contributed by atoms with Crippen molar-refractivity contribution in [1.82, 2.24) is 0 Å². The molecule has 0 saturated carbocycles. The number of rotatable bonds is 7. The minimum Gasteiger partial charge on any atom is -0.287 e. The van der Waals surface area contributed by atoms with Crippen molar-refractivity contribution in [3.8, 4) is 0 Å². The van der Waals surface area contributed by atoms with E-state index in [0.29, 0.717) is 0 Å². The van der Waals surface area contributed by atoms with E-state index in [-0.39, 0.29) is 17.0 Å². The van der Waals surface area contributed by atoms with Crippen LogP contribution in [0, 0.1) is 0 Å². The fraction of sp³-hybridized carbons (Fsp3) is 0.611. The topological polar surface area (TPSA) is 71.4 Å². The van der Waals surface area contributed by atoms with Gasteiger partial charge in [-0.3, -0.25) is 9.35 Å². The molecule has 1 N–H and O–H groups in total. The Morgan fingerprint density at radius 1 is 0.889 bits per heavy atom. The van der Waals surface area contributed by atoms with Crippen LogP contribution in [0.2, 0.25) is 0 Å². The summed E-state index contributed by atoms with van der Waals surface area (Å²) in [6.07, 6.45) is 0. The Morgan fingerprint density at radius 2 is 1.26 bits per heavy atom. The number of alkyl halides is 4. The van der Waals surface area contributed by atoms with Crippen LogP contribution in [0.15, 0.2) is 12.1 Å². The predicted octanol–water partition coefficient (Wildman–Crippen LogP) is 5.36. The van der Waals surface area contributed by atoms with Crippen molar-refractivity contribution in [3.63, 3.8) is 0 Å². The molecule has 0 heterocycles. The van der Waals surface area contributed by atoms with Crippen LogP contribution in [-0.4, -0.2) is 29.9 Å². The van der Waals surface area contributed by atoms with Crippen molar-refractivity contribution in [1.29, 1.82) is 0 Å². The average molecular weight is 412 g/mol. The van der Waals surface area contributed by atoms with Gasteiger partial charge in [0.25, 0.3) is 0 Å². The van der Waals surface area contributed by atoms with E-state index in [9.17, 15) is 30.8 Å². The molecule has 1 rings (SSSR count). The molecule has 4 nitrogen and oxygen atoms in total. The van der Waals surface area contributed by atoms with Crippen LogP contribution in [-0.2, 0) is 10.1 Å². The second-order valence-corrected chi connectivity index (χ2v) is 8.90. The van der Waals surface area contributed by atoms with Crippen molar-refractivity contribution in [2.24, 2.45) is 0 Å². The molecule has 1 aromatic carbocycles. The third kappa shape index (κ3) is 4.18. The minimum atomic E-state index is -6.51. The predicted molar refractivity (Wildman–Crippen MR) is 94.5 cm³/mol. The van der Waals surface area contributed by atoms with Crippen LogP contribution in [0.4, 0.5) is 17.6 Å². The Morgan fingerprint density at radius 3 is 1.52 bits per heavy atom. The van der Waals surface area contributed by atoms with E-state index in [1.807, 2.05) is 13.8 Å². The van der Waals surface area contributed by atoms with Gasteiger partial charge in [0.2, 0.25) is 5.78 Å². The maximum Gasteiger partial charge on any atom is 0.439 e. The first-order valence-corrected chi connectivity index (χ1v) is 9.85. The van der Waals surface area contributed by atoms with E-state index in [1.165, 1.54) is 12.1 Å². The summed E-state index contributed by atoms with van der Waals surface area (Å²) in [5, 5.41) is -5.95. The molecule has 0 saturated heterocycles. The fourth-order valence-electron chi connectivity index (χ4n) is 2.67. The molecule has 0 radical (unpaired) electrons. The minimum absolute atomic E-state index is 0.0103. The van der Waals surface area contributed by atoms with Crippen molar-refractivity contribution >= 4 is 15.9 Å². The number of hydrogen-bond donors (Lipinski definition) is 1. The lowest BCUT2D eigenvalue weighted by Crippen LogP contribution is -2.52. The lowest BCUT2D eigenvalue weighted by molar-refractivity contribution is -0.128. The lowest BCUT2D eigenvalue weighted by atomic mass is 9.82. The molecule has 0 bridgehead atoms. The van der Waals surface area contributed by atoms with Gasteiger partial charge in [-0.15, -0.1) is 0 Å².